The smallest absolute Gasteiger partial charge is 0.412 e. The number of nitrogens with zero attached hydrogens (tertiary/aromatic N) is 1. The summed E-state index contributed by atoms with van der Waals surface area (Å²) in [6.45, 7) is 3.48. The van der Waals surface area contributed by atoms with Gasteiger partial charge in [0, 0.05) is 16.1 Å². The maximum Gasteiger partial charge on any atom is 0.412 e. The minimum atomic E-state index is -0.780. The standard InChI is InChI=1S/C27H23ClN2O5/c1-15-23(29-26(33)34-16(2)21-5-3-4-6-22(21)28)24(35-30-15)19-8-7-18-14-20(10-9-17(18)13-19)27(11-12-27)25(31)32/h3-10,13-14,16H,11-12H2,1-2H3,(H,29,33)(H,31,32)/t16-/m1/s1. The number of carbonyl (C=O) groups is 2. The summed E-state index contributed by atoms with van der Waals surface area (Å²) in [7, 11) is 0. The first kappa shape index (κ1) is 22.9. The molecule has 178 valence electrons. The molecule has 0 bridgehead atoms. The third kappa shape index (κ3) is 4.23. The van der Waals surface area contributed by atoms with Crippen molar-refractivity contribution in [3.8, 4) is 11.3 Å². The van der Waals surface area contributed by atoms with Gasteiger partial charge < -0.3 is 14.4 Å². The molecule has 0 aliphatic heterocycles. The van der Waals surface area contributed by atoms with Crippen LogP contribution >= 0.6 is 11.6 Å². The highest BCUT2D eigenvalue weighted by Crippen LogP contribution is 2.49. The molecule has 1 atom stereocenters. The molecule has 0 radical (unpaired) electrons. The second kappa shape index (κ2) is 8.74. The van der Waals surface area contributed by atoms with E-state index >= 15 is 0 Å². The number of carboxylic acids is 1. The number of amides is 1. The lowest BCUT2D eigenvalue weighted by atomic mass is 9.93. The normalized spacial score (nSPS) is 14.9. The Balaban J connectivity index is 1.38. The Hall–Kier alpha value is -3.84. The van der Waals surface area contributed by atoms with Gasteiger partial charge in [-0.25, -0.2) is 4.79 Å². The molecule has 0 spiro atoms. The molecule has 1 saturated carbocycles. The van der Waals surface area contributed by atoms with Crippen LogP contribution in [-0.4, -0.2) is 22.3 Å². The Morgan fingerprint density at radius 2 is 1.83 bits per heavy atom. The highest BCUT2D eigenvalue weighted by Gasteiger charge is 2.51. The van der Waals surface area contributed by atoms with Gasteiger partial charge in [0.2, 0.25) is 0 Å². The van der Waals surface area contributed by atoms with Gasteiger partial charge in [-0.15, -0.1) is 0 Å². The van der Waals surface area contributed by atoms with Crippen molar-refractivity contribution in [1.82, 2.24) is 5.16 Å². The first-order valence-electron chi connectivity index (χ1n) is 11.2. The third-order valence-electron chi connectivity index (χ3n) is 6.53. The summed E-state index contributed by atoms with van der Waals surface area (Å²) in [4.78, 5) is 24.3. The zero-order valence-corrected chi connectivity index (χ0v) is 19.9. The number of aryl methyl sites for hydroxylation is 1. The fraction of sp³-hybridized carbons (Fsp3) is 0.222. The number of nitrogens with one attached hydrogen (secondary N) is 1. The maximum atomic E-state index is 12.7. The molecule has 4 aromatic rings. The lowest BCUT2D eigenvalue weighted by molar-refractivity contribution is -0.140. The molecule has 5 rings (SSSR count). The Bertz CT molecular complexity index is 1460. The largest absolute Gasteiger partial charge is 0.481 e. The van der Waals surface area contributed by atoms with Crippen LogP contribution in [0.1, 0.15) is 42.7 Å². The second-order valence-electron chi connectivity index (χ2n) is 8.83. The lowest BCUT2D eigenvalue weighted by Crippen LogP contribution is -2.19. The van der Waals surface area contributed by atoms with Gasteiger partial charge in [0.15, 0.2) is 5.76 Å². The SMILES string of the molecule is Cc1noc(-c2ccc3cc(C4(C(=O)O)CC4)ccc3c2)c1NC(=O)O[C@H](C)c1ccccc1Cl. The molecular weight excluding hydrogens is 468 g/mol. The van der Waals surface area contributed by atoms with Gasteiger partial charge >= 0.3 is 12.1 Å². The molecule has 1 aliphatic rings. The monoisotopic (exact) mass is 490 g/mol. The number of benzene rings is 3. The second-order valence-corrected chi connectivity index (χ2v) is 9.24. The summed E-state index contributed by atoms with van der Waals surface area (Å²) >= 11 is 6.21. The van der Waals surface area contributed by atoms with Crippen molar-refractivity contribution in [2.24, 2.45) is 0 Å². The van der Waals surface area contributed by atoms with E-state index < -0.39 is 23.6 Å². The molecule has 7 nitrogen and oxygen atoms in total. The number of hydrogen-bond acceptors (Lipinski definition) is 5. The number of aliphatic carboxylic acids is 1. The van der Waals surface area contributed by atoms with Crippen LogP contribution in [0.3, 0.4) is 0 Å². The predicted molar refractivity (Wildman–Crippen MR) is 133 cm³/mol. The molecule has 1 aromatic heterocycles. The summed E-state index contributed by atoms with van der Waals surface area (Å²) in [5.41, 5.74) is 2.41. The molecule has 1 fully saturated rings. The van der Waals surface area contributed by atoms with Gasteiger partial charge in [0.1, 0.15) is 17.5 Å². The number of carboxylic acid groups (broad SMARTS) is 1. The van der Waals surface area contributed by atoms with Crippen LogP contribution in [0.4, 0.5) is 10.5 Å². The van der Waals surface area contributed by atoms with Gasteiger partial charge in [0.25, 0.3) is 0 Å². The van der Waals surface area contributed by atoms with E-state index in [1.807, 2.05) is 48.5 Å². The molecule has 1 heterocycles. The first-order valence-corrected chi connectivity index (χ1v) is 11.6. The van der Waals surface area contributed by atoms with Crippen LogP contribution in [0.15, 0.2) is 65.2 Å². The summed E-state index contributed by atoms with van der Waals surface area (Å²) < 4.78 is 11.1. The molecule has 8 heteroatoms. The van der Waals surface area contributed by atoms with Gasteiger partial charge in [-0.2, -0.15) is 0 Å². The zero-order chi connectivity index (χ0) is 24.7. The zero-order valence-electron chi connectivity index (χ0n) is 19.2. The van der Waals surface area contributed by atoms with Crippen molar-refractivity contribution in [2.75, 3.05) is 5.32 Å². The quantitative estimate of drug-likeness (QED) is 0.305. The fourth-order valence-electron chi connectivity index (χ4n) is 4.31. The van der Waals surface area contributed by atoms with Gasteiger partial charge in [-0.1, -0.05) is 65.3 Å². The summed E-state index contributed by atoms with van der Waals surface area (Å²) in [6.07, 6.45) is 0.106. The lowest BCUT2D eigenvalue weighted by Gasteiger charge is -2.15. The highest BCUT2D eigenvalue weighted by molar-refractivity contribution is 6.31. The Morgan fingerprint density at radius 1 is 1.11 bits per heavy atom. The number of carbonyl (C=O) groups excluding carboxylic acids is 1. The van der Waals surface area contributed by atoms with Crippen LogP contribution in [0, 0.1) is 6.92 Å². The first-order chi connectivity index (χ1) is 16.8. The van der Waals surface area contributed by atoms with E-state index in [9.17, 15) is 14.7 Å². The molecule has 35 heavy (non-hydrogen) atoms. The Kier molecular flexibility index (Phi) is 5.73. The van der Waals surface area contributed by atoms with Gasteiger partial charge in [-0.3, -0.25) is 10.1 Å². The average Bonchev–Trinajstić information content (AvgIpc) is 3.58. The van der Waals surface area contributed by atoms with E-state index in [2.05, 4.69) is 10.5 Å². The number of fused-ring (bicyclic) bond motifs is 1. The number of rotatable bonds is 6. The minimum Gasteiger partial charge on any atom is -0.481 e. The van der Waals surface area contributed by atoms with Crippen molar-refractivity contribution < 1.29 is 24.0 Å². The highest BCUT2D eigenvalue weighted by atomic mass is 35.5. The number of ether oxygens (including phenoxy) is 1. The van der Waals surface area contributed by atoms with Crippen LogP contribution in [0.25, 0.3) is 22.1 Å². The van der Waals surface area contributed by atoms with Crippen LogP contribution in [0.5, 0.6) is 0 Å². The summed E-state index contributed by atoms with van der Waals surface area (Å²) in [5.74, 6) is -0.378. The van der Waals surface area contributed by atoms with Crippen molar-refractivity contribution >= 4 is 40.1 Å². The van der Waals surface area contributed by atoms with E-state index in [0.29, 0.717) is 40.6 Å². The van der Waals surface area contributed by atoms with Crippen molar-refractivity contribution in [3.63, 3.8) is 0 Å². The predicted octanol–water partition coefficient (Wildman–Crippen LogP) is 6.88. The third-order valence-corrected chi connectivity index (χ3v) is 6.88. The van der Waals surface area contributed by atoms with Crippen molar-refractivity contribution in [1.29, 1.82) is 0 Å². The topological polar surface area (TPSA) is 102 Å². The number of halogens is 1. The molecule has 0 saturated heterocycles. The Labute approximate surface area is 206 Å². The van der Waals surface area contributed by atoms with Crippen LogP contribution in [-0.2, 0) is 14.9 Å². The van der Waals surface area contributed by atoms with Crippen molar-refractivity contribution in [2.45, 2.75) is 38.2 Å². The van der Waals surface area contributed by atoms with E-state index in [4.69, 9.17) is 20.9 Å². The molecule has 1 aliphatic carbocycles. The van der Waals surface area contributed by atoms with E-state index in [0.717, 1.165) is 21.9 Å². The maximum absolute atomic E-state index is 12.7. The van der Waals surface area contributed by atoms with Crippen LogP contribution < -0.4 is 5.32 Å². The molecule has 3 aromatic carbocycles. The summed E-state index contributed by atoms with van der Waals surface area (Å²) in [5, 5.41) is 18.7. The molecule has 1 amide bonds. The minimum absolute atomic E-state index is 0.403. The summed E-state index contributed by atoms with van der Waals surface area (Å²) in [6, 6.07) is 18.6. The van der Waals surface area contributed by atoms with Crippen LogP contribution in [0.2, 0.25) is 5.02 Å². The van der Waals surface area contributed by atoms with Gasteiger partial charge in [-0.05, 0) is 55.2 Å². The average molecular weight is 491 g/mol. The molecular formula is C27H23ClN2O5. The number of aromatic nitrogens is 1. The molecule has 2 N–H and O–H groups in total. The number of anilines is 1. The van der Waals surface area contributed by atoms with E-state index in [-0.39, 0.29) is 0 Å². The Morgan fingerprint density at radius 3 is 2.54 bits per heavy atom. The van der Waals surface area contributed by atoms with E-state index in [1.54, 1.807) is 26.0 Å². The fourth-order valence-corrected chi connectivity index (χ4v) is 4.60. The van der Waals surface area contributed by atoms with E-state index in [1.165, 1.54) is 0 Å². The molecule has 0 unspecified atom stereocenters. The van der Waals surface area contributed by atoms with Gasteiger partial charge in [0.05, 0.1) is 5.41 Å². The van der Waals surface area contributed by atoms with Crippen molar-refractivity contribution in [3.05, 3.63) is 82.5 Å². The number of hydrogen-bond donors (Lipinski definition) is 2.